The lowest BCUT2D eigenvalue weighted by molar-refractivity contribution is 0.102. The molecule has 6 nitrogen and oxygen atoms in total. The molecule has 1 saturated carbocycles. The molecule has 1 aromatic carbocycles. The van der Waals surface area contributed by atoms with Crippen molar-refractivity contribution in [3.63, 3.8) is 0 Å². The summed E-state index contributed by atoms with van der Waals surface area (Å²) in [5.41, 5.74) is 2.76. The number of phenols is 1. The van der Waals surface area contributed by atoms with Gasteiger partial charge in [0.1, 0.15) is 11.6 Å². The molecule has 3 heterocycles. The van der Waals surface area contributed by atoms with E-state index in [4.69, 9.17) is 0 Å². The molecule has 7 heteroatoms. The van der Waals surface area contributed by atoms with Crippen LogP contribution in [0.25, 0.3) is 0 Å². The van der Waals surface area contributed by atoms with Gasteiger partial charge in [0.25, 0.3) is 0 Å². The third kappa shape index (κ3) is 3.79. The summed E-state index contributed by atoms with van der Waals surface area (Å²) in [6, 6.07) is 11.9. The molecule has 2 aliphatic heterocycles. The molecule has 3 aliphatic rings. The molecular formula is C25H33N3O3S. The zero-order valence-electron chi connectivity index (χ0n) is 19.0. The quantitative estimate of drug-likeness (QED) is 0.743. The average Bonchev–Trinajstić information content (AvgIpc) is 2.95. The van der Waals surface area contributed by atoms with Gasteiger partial charge in [-0.05, 0) is 81.2 Å². The van der Waals surface area contributed by atoms with Crippen molar-refractivity contribution < 1.29 is 13.5 Å². The number of piperidine rings is 1. The van der Waals surface area contributed by atoms with Gasteiger partial charge in [-0.3, -0.25) is 4.90 Å². The van der Waals surface area contributed by atoms with Gasteiger partial charge < -0.3 is 5.11 Å². The van der Waals surface area contributed by atoms with Gasteiger partial charge in [-0.2, -0.15) is 0 Å². The van der Waals surface area contributed by atoms with Gasteiger partial charge in [0.2, 0.25) is 10.0 Å². The second-order valence-electron chi connectivity index (χ2n) is 9.99. The number of sulfonamides is 1. The van der Waals surface area contributed by atoms with Crippen molar-refractivity contribution in [2.75, 3.05) is 16.6 Å². The summed E-state index contributed by atoms with van der Waals surface area (Å²) in [6.45, 7) is 5.78. The van der Waals surface area contributed by atoms with Crippen LogP contribution in [0.5, 0.6) is 5.75 Å². The van der Waals surface area contributed by atoms with Crippen LogP contribution in [-0.2, 0) is 16.6 Å². The predicted molar refractivity (Wildman–Crippen MR) is 126 cm³/mol. The molecule has 0 bridgehead atoms. The maximum absolute atomic E-state index is 13.0. The van der Waals surface area contributed by atoms with E-state index >= 15 is 0 Å². The zero-order chi connectivity index (χ0) is 22.5. The smallest absolute Gasteiger partial charge is 0.236 e. The van der Waals surface area contributed by atoms with Crippen molar-refractivity contribution in [2.45, 2.75) is 76.4 Å². The molecule has 172 valence electrons. The van der Waals surface area contributed by atoms with Gasteiger partial charge in [0, 0.05) is 24.8 Å². The van der Waals surface area contributed by atoms with Gasteiger partial charge in [-0.15, -0.1) is 0 Å². The molecule has 0 radical (unpaired) electrons. The van der Waals surface area contributed by atoms with E-state index in [-0.39, 0.29) is 17.3 Å². The summed E-state index contributed by atoms with van der Waals surface area (Å²) >= 11 is 0. The van der Waals surface area contributed by atoms with E-state index < -0.39 is 10.0 Å². The summed E-state index contributed by atoms with van der Waals surface area (Å²) in [4.78, 5) is 7.02. The zero-order valence-corrected chi connectivity index (χ0v) is 19.8. The van der Waals surface area contributed by atoms with Crippen molar-refractivity contribution in [1.82, 2.24) is 9.88 Å². The van der Waals surface area contributed by atoms with E-state index in [1.807, 2.05) is 37.3 Å². The van der Waals surface area contributed by atoms with Gasteiger partial charge in [-0.1, -0.05) is 24.6 Å². The van der Waals surface area contributed by atoms with Crippen LogP contribution < -0.4 is 4.31 Å². The Morgan fingerprint density at radius 2 is 2.00 bits per heavy atom. The molecule has 1 spiro atoms. The summed E-state index contributed by atoms with van der Waals surface area (Å²) in [7, 11) is -3.36. The van der Waals surface area contributed by atoms with Gasteiger partial charge >= 0.3 is 0 Å². The van der Waals surface area contributed by atoms with Crippen LogP contribution in [0.2, 0.25) is 0 Å². The minimum atomic E-state index is -3.36. The van der Waals surface area contributed by atoms with E-state index in [1.54, 1.807) is 4.31 Å². The molecule has 0 amide bonds. The summed E-state index contributed by atoms with van der Waals surface area (Å²) in [5, 5.41) is 10.3. The van der Waals surface area contributed by atoms with Crippen LogP contribution in [0.15, 0.2) is 36.4 Å². The lowest BCUT2D eigenvalue weighted by Crippen LogP contribution is -2.56. The minimum Gasteiger partial charge on any atom is -0.508 e. The SMILES string of the molecule is Cc1cccc(N2[C@@]3(CCN(Cc4ccc(O)c(C5CCC5)c4)[C@@H](C)C3)CCS2(=O)=O)n1. The van der Waals surface area contributed by atoms with Crippen LogP contribution in [0.4, 0.5) is 5.82 Å². The Bertz CT molecular complexity index is 1120. The van der Waals surface area contributed by atoms with E-state index in [0.29, 0.717) is 23.9 Å². The van der Waals surface area contributed by atoms with Crippen LogP contribution in [0.1, 0.15) is 68.2 Å². The average molecular weight is 456 g/mol. The fourth-order valence-electron chi connectivity index (χ4n) is 5.82. The Hall–Kier alpha value is -2.12. The van der Waals surface area contributed by atoms with Crippen LogP contribution in [0.3, 0.4) is 0 Å². The normalized spacial score (nSPS) is 28.2. The summed E-state index contributed by atoms with van der Waals surface area (Å²) in [5.74, 6) is 1.67. The standard InChI is InChI=1S/C25H33N3O3S/c1-18-5-3-8-24(26-18)28-25(12-14-32(28,30)31)11-13-27(19(2)16-25)17-20-9-10-23(29)22(15-20)21-6-4-7-21/h3,5,8-10,15,19,21,29H,4,6-7,11-14,16-17H2,1-2H3/t19-,25-/m0/s1. The third-order valence-corrected chi connectivity index (χ3v) is 9.65. The van der Waals surface area contributed by atoms with Crippen molar-refractivity contribution in [1.29, 1.82) is 0 Å². The number of pyridine rings is 1. The Labute approximate surface area is 191 Å². The number of phenolic OH excluding ortho intramolecular Hbond substituents is 1. The predicted octanol–water partition coefficient (Wildman–Crippen LogP) is 4.33. The molecular weight excluding hydrogens is 422 g/mol. The molecule has 32 heavy (non-hydrogen) atoms. The van der Waals surface area contributed by atoms with Crippen molar-refractivity contribution in [3.05, 3.63) is 53.2 Å². The third-order valence-electron chi connectivity index (χ3n) is 7.80. The molecule has 1 N–H and O–H groups in total. The summed E-state index contributed by atoms with van der Waals surface area (Å²) in [6.07, 6.45) is 5.84. The number of hydrogen-bond donors (Lipinski definition) is 1. The Morgan fingerprint density at radius 3 is 2.69 bits per heavy atom. The molecule has 2 saturated heterocycles. The first-order chi connectivity index (χ1) is 15.3. The molecule has 2 aromatic rings. The summed E-state index contributed by atoms with van der Waals surface area (Å²) < 4.78 is 27.7. The molecule has 0 unspecified atom stereocenters. The topological polar surface area (TPSA) is 73.7 Å². The highest BCUT2D eigenvalue weighted by Gasteiger charge is 2.53. The number of nitrogens with zero attached hydrogens (tertiary/aromatic N) is 3. The number of benzene rings is 1. The number of rotatable bonds is 4. The Kier molecular flexibility index (Phi) is 5.45. The highest BCUT2D eigenvalue weighted by molar-refractivity contribution is 7.93. The molecule has 1 aliphatic carbocycles. The molecule has 2 atom stereocenters. The van der Waals surface area contributed by atoms with Crippen LogP contribution in [0, 0.1) is 6.92 Å². The first kappa shape index (κ1) is 21.7. The number of anilines is 1. The lowest BCUT2D eigenvalue weighted by Gasteiger charge is -2.47. The first-order valence-electron chi connectivity index (χ1n) is 11.8. The second-order valence-corrected chi connectivity index (χ2v) is 11.9. The maximum atomic E-state index is 13.0. The minimum absolute atomic E-state index is 0.193. The Balaban J connectivity index is 1.36. The van der Waals surface area contributed by atoms with E-state index in [2.05, 4.69) is 22.9 Å². The second kappa shape index (κ2) is 8.03. The molecule has 1 aromatic heterocycles. The van der Waals surface area contributed by atoms with Crippen LogP contribution in [-0.4, -0.2) is 47.3 Å². The number of aromatic nitrogens is 1. The first-order valence-corrected chi connectivity index (χ1v) is 13.4. The Morgan fingerprint density at radius 1 is 1.19 bits per heavy atom. The number of aromatic hydroxyl groups is 1. The number of aryl methyl sites for hydroxylation is 1. The highest BCUT2D eigenvalue weighted by atomic mass is 32.2. The van der Waals surface area contributed by atoms with Gasteiger partial charge in [-0.25, -0.2) is 17.7 Å². The molecule has 5 rings (SSSR count). The lowest BCUT2D eigenvalue weighted by atomic mass is 9.79. The van der Waals surface area contributed by atoms with Gasteiger partial charge in [0.05, 0.1) is 11.3 Å². The largest absolute Gasteiger partial charge is 0.508 e. The van der Waals surface area contributed by atoms with Crippen LogP contribution >= 0.6 is 0 Å². The van der Waals surface area contributed by atoms with Crippen molar-refractivity contribution >= 4 is 15.8 Å². The number of hydrogen-bond acceptors (Lipinski definition) is 5. The van der Waals surface area contributed by atoms with Crippen molar-refractivity contribution in [3.8, 4) is 5.75 Å². The fourth-order valence-corrected chi connectivity index (χ4v) is 7.87. The van der Waals surface area contributed by atoms with E-state index in [0.717, 1.165) is 50.0 Å². The maximum Gasteiger partial charge on any atom is 0.236 e. The fraction of sp³-hybridized carbons (Fsp3) is 0.560. The van der Waals surface area contributed by atoms with E-state index in [9.17, 15) is 13.5 Å². The molecule has 3 fully saturated rings. The van der Waals surface area contributed by atoms with E-state index in [1.165, 1.54) is 12.0 Å². The highest BCUT2D eigenvalue weighted by Crippen LogP contribution is 2.45. The monoisotopic (exact) mass is 455 g/mol. The van der Waals surface area contributed by atoms with Gasteiger partial charge in [0.15, 0.2) is 0 Å². The van der Waals surface area contributed by atoms with Crippen molar-refractivity contribution in [2.24, 2.45) is 0 Å². The number of likely N-dealkylation sites (tertiary alicyclic amines) is 1.